The minimum absolute atomic E-state index is 0.0301. The third-order valence-corrected chi connectivity index (χ3v) is 0.840. The Kier molecular flexibility index (Phi) is 0.727. The molecule has 1 heterocycles. The van der Waals surface area contributed by atoms with Gasteiger partial charge >= 0.3 is 0 Å². The molecular weight excluding hydrogens is 124 g/mol. The monoisotopic (exact) mass is 131 g/mol. The molecule has 0 saturated carbocycles. The Morgan fingerprint density at radius 3 is 3.12 bits per heavy atom. The Morgan fingerprint density at radius 1 is 1.75 bits per heavy atom. The molecular formula is C5H5ClN2. The van der Waals surface area contributed by atoms with Crippen molar-refractivity contribution in [2.75, 3.05) is 0 Å². The van der Waals surface area contributed by atoms with Gasteiger partial charge in [0.1, 0.15) is 11.5 Å². The molecule has 0 amide bonds. The molecule has 0 aromatic carbocycles. The number of hydrogen-bond donors (Lipinski definition) is 0. The van der Waals surface area contributed by atoms with Crippen LogP contribution >= 0.6 is 11.6 Å². The molecule has 2 nitrogen and oxygen atoms in total. The van der Waals surface area contributed by atoms with Crippen LogP contribution < -0.4 is 0 Å². The molecule has 0 fully saturated rings. The van der Waals surface area contributed by atoms with Gasteiger partial charge in [-0.3, -0.25) is 0 Å². The third-order valence-electron chi connectivity index (χ3n) is 0.634. The van der Waals surface area contributed by atoms with Crippen molar-refractivity contribution in [3.8, 4) is 0 Å². The second kappa shape index (κ2) is 2.09. The average molecular weight is 132 g/mol. The number of aryl methyl sites for hydroxylation is 1. The lowest BCUT2D eigenvalue weighted by Crippen LogP contribution is -1.80. The SMILES string of the molecule is [2H]C([2H])([2H])c1cc(Cl)ncn1. The summed E-state index contributed by atoms with van der Waals surface area (Å²) in [5.41, 5.74) is -0.0301. The van der Waals surface area contributed by atoms with Gasteiger partial charge in [-0.15, -0.1) is 0 Å². The Labute approximate surface area is 56.8 Å². The largest absolute Gasteiger partial charge is 0.242 e. The molecule has 0 radical (unpaired) electrons. The predicted octanol–water partition coefficient (Wildman–Crippen LogP) is 1.44. The molecule has 1 rings (SSSR count). The van der Waals surface area contributed by atoms with Crippen LogP contribution in [0.5, 0.6) is 0 Å². The van der Waals surface area contributed by atoms with Crippen LogP contribution in [0.3, 0.4) is 0 Å². The highest BCUT2D eigenvalue weighted by Gasteiger charge is 1.85. The van der Waals surface area contributed by atoms with Crippen LogP contribution in [0.25, 0.3) is 0 Å². The molecule has 3 heteroatoms. The molecule has 1 aromatic heterocycles. The molecule has 0 unspecified atom stereocenters. The smallest absolute Gasteiger partial charge is 0.132 e. The number of aromatic nitrogens is 2. The van der Waals surface area contributed by atoms with Crippen LogP contribution in [0.1, 0.15) is 9.81 Å². The highest BCUT2D eigenvalue weighted by atomic mass is 35.5. The number of halogens is 1. The van der Waals surface area contributed by atoms with Crippen LogP contribution in [-0.4, -0.2) is 9.97 Å². The summed E-state index contributed by atoms with van der Waals surface area (Å²) in [4.78, 5) is 7.11. The molecule has 0 aliphatic rings. The van der Waals surface area contributed by atoms with Crippen molar-refractivity contribution < 1.29 is 4.11 Å². The maximum atomic E-state index is 6.95. The summed E-state index contributed by atoms with van der Waals surface area (Å²) in [5, 5.41) is 0.145. The second-order valence-corrected chi connectivity index (χ2v) is 1.61. The summed E-state index contributed by atoms with van der Waals surface area (Å²) in [6.45, 7) is -2.20. The first-order valence-corrected chi connectivity index (χ1v) is 2.36. The first kappa shape index (κ1) is 2.78. The van der Waals surface area contributed by atoms with Gasteiger partial charge in [0.15, 0.2) is 0 Å². The van der Waals surface area contributed by atoms with Crippen LogP contribution in [0, 0.1) is 6.85 Å². The van der Waals surface area contributed by atoms with Crippen LogP contribution in [0.4, 0.5) is 0 Å². The van der Waals surface area contributed by atoms with E-state index < -0.39 is 6.85 Å². The summed E-state index contributed by atoms with van der Waals surface area (Å²) >= 11 is 5.45. The topological polar surface area (TPSA) is 25.8 Å². The fraction of sp³-hybridized carbons (Fsp3) is 0.200. The first-order valence-electron chi connectivity index (χ1n) is 3.48. The Morgan fingerprint density at radius 2 is 2.62 bits per heavy atom. The van der Waals surface area contributed by atoms with E-state index in [1.165, 1.54) is 6.07 Å². The molecule has 0 saturated heterocycles. The van der Waals surface area contributed by atoms with Gasteiger partial charge < -0.3 is 0 Å². The van der Waals surface area contributed by atoms with E-state index in [1.807, 2.05) is 0 Å². The summed E-state index contributed by atoms with van der Waals surface area (Å²) in [7, 11) is 0. The zero-order valence-electron chi connectivity index (χ0n) is 6.93. The minimum Gasteiger partial charge on any atom is -0.242 e. The molecule has 0 atom stereocenters. The zero-order valence-corrected chi connectivity index (χ0v) is 4.68. The van der Waals surface area contributed by atoms with Crippen molar-refractivity contribution in [2.45, 2.75) is 6.85 Å². The van der Waals surface area contributed by atoms with Gasteiger partial charge in [0, 0.05) is 9.81 Å². The van der Waals surface area contributed by atoms with E-state index in [4.69, 9.17) is 15.7 Å². The van der Waals surface area contributed by atoms with Crippen molar-refractivity contribution in [3.63, 3.8) is 0 Å². The molecule has 0 aliphatic heterocycles. The standard InChI is InChI=1S/C5H5ClN2/c1-4-2-5(6)8-3-7-4/h2-3H,1H3/i1D3. The first-order chi connectivity index (χ1) is 5.00. The van der Waals surface area contributed by atoms with Gasteiger partial charge in [0.05, 0.1) is 0 Å². The lowest BCUT2D eigenvalue weighted by molar-refractivity contribution is 1.10. The Bertz CT molecular complexity index is 260. The molecule has 0 spiro atoms. The molecule has 42 valence electrons. The van der Waals surface area contributed by atoms with Crippen molar-refractivity contribution in [3.05, 3.63) is 23.2 Å². The van der Waals surface area contributed by atoms with E-state index in [2.05, 4.69) is 9.97 Å². The van der Waals surface area contributed by atoms with E-state index in [9.17, 15) is 0 Å². The average Bonchev–Trinajstić information content (AvgIpc) is 1.86. The number of hydrogen-bond acceptors (Lipinski definition) is 2. The zero-order chi connectivity index (χ0) is 8.48. The molecule has 0 aliphatic carbocycles. The fourth-order valence-electron chi connectivity index (χ4n) is 0.334. The normalized spacial score (nSPS) is 16.4. The Balaban J connectivity index is 3.06. The summed E-state index contributed by atoms with van der Waals surface area (Å²) in [6.07, 6.45) is 1.13. The van der Waals surface area contributed by atoms with E-state index >= 15 is 0 Å². The lowest BCUT2D eigenvalue weighted by Gasteiger charge is -1.87. The highest BCUT2D eigenvalue weighted by Crippen LogP contribution is 2.01. The Hall–Kier alpha value is -0.630. The maximum absolute atomic E-state index is 6.95. The number of nitrogens with zero attached hydrogens (tertiary/aromatic N) is 2. The molecule has 1 aromatic rings. The van der Waals surface area contributed by atoms with Gasteiger partial charge in [-0.2, -0.15) is 0 Å². The van der Waals surface area contributed by atoms with Crippen molar-refractivity contribution in [1.29, 1.82) is 0 Å². The van der Waals surface area contributed by atoms with Crippen molar-refractivity contribution >= 4 is 11.6 Å². The molecule has 0 N–H and O–H groups in total. The van der Waals surface area contributed by atoms with E-state index in [-0.39, 0.29) is 10.8 Å². The summed E-state index contributed by atoms with van der Waals surface area (Å²) < 4.78 is 20.9. The van der Waals surface area contributed by atoms with E-state index in [0.29, 0.717) is 0 Å². The van der Waals surface area contributed by atoms with Crippen LogP contribution in [-0.2, 0) is 0 Å². The quantitative estimate of drug-likeness (QED) is 0.498. The van der Waals surface area contributed by atoms with Gasteiger partial charge in [-0.05, 0) is 12.9 Å². The lowest BCUT2D eigenvalue weighted by atomic mass is 10.5. The summed E-state index contributed by atoms with van der Waals surface area (Å²) in [6, 6.07) is 1.23. The number of rotatable bonds is 0. The van der Waals surface area contributed by atoms with Gasteiger partial charge in [-0.1, -0.05) is 11.6 Å². The van der Waals surface area contributed by atoms with Crippen LogP contribution in [0.15, 0.2) is 12.4 Å². The van der Waals surface area contributed by atoms with Crippen LogP contribution in [0.2, 0.25) is 5.15 Å². The fourth-order valence-corrected chi connectivity index (χ4v) is 0.481. The maximum Gasteiger partial charge on any atom is 0.132 e. The minimum atomic E-state index is -2.20. The molecule has 8 heavy (non-hydrogen) atoms. The van der Waals surface area contributed by atoms with Crippen molar-refractivity contribution in [1.82, 2.24) is 9.97 Å². The van der Waals surface area contributed by atoms with Gasteiger partial charge in [0.25, 0.3) is 0 Å². The van der Waals surface area contributed by atoms with E-state index in [1.54, 1.807) is 0 Å². The third kappa shape index (κ3) is 1.17. The highest BCUT2D eigenvalue weighted by molar-refractivity contribution is 6.29. The van der Waals surface area contributed by atoms with E-state index in [0.717, 1.165) is 6.33 Å². The van der Waals surface area contributed by atoms with Gasteiger partial charge in [0.2, 0.25) is 0 Å². The van der Waals surface area contributed by atoms with Crippen molar-refractivity contribution in [2.24, 2.45) is 0 Å². The second-order valence-electron chi connectivity index (χ2n) is 1.23. The summed E-state index contributed by atoms with van der Waals surface area (Å²) in [5.74, 6) is 0. The predicted molar refractivity (Wildman–Crippen MR) is 31.8 cm³/mol. The molecule has 0 bridgehead atoms. The van der Waals surface area contributed by atoms with Gasteiger partial charge in [-0.25, -0.2) is 9.97 Å².